The molecule has 1 amide bonds. The van der Waals surface area contributed by atoms with Crippen molar-refractivity contribution in [2.24, 2.45) is 0 Å². The molecule has 10 nitrogen and oxygen atoms in total. The van der Waals surface area contributed by atoms with Gasteiger partial charge >= 0.3 is 0 Å². The van der Waals surface area contributed by atoms with Crippen LogP contribution in [-0.2, 0) is 14.3 Å². The largest absolute Gasteiger partial charge is 0.381 e. The topological polar surface area (TPSA) is 102 Å². The average Bonchev–Trinajstić information content (AvgIpc) is 2.94. The number of nitrogens with one attached hydrogen (secondary N) is 1. The predicted octanol–water partition coefficient (Wildman–Crippen LogP) is 3.71. The van der Waals surface area contributed by atoms with Crippen molar-refractivity contribution >= 4 is 40.0 Å². The van der Waals surface area contributed by atoms with Gasteiger partial charge in [-0.25, -0.2) is 4.98 Å². The summed E-state index contributed by atoms with van der Waals surface area (Å²) in [7, 11) is 1.75. The van der Waals surface area contributed by atoms with Crippen molar-refractivity contribution in [3.05, 3.63) is 59.0 Å². The molecule has 1 saturated carbocycles. The standard InChI is InChI=1S/C29H34N6O4/c1-4-25(36)34-13-12-33(23-7-5-6-18(2)26(23)34)24-14-19-15-30-29(31-20-16-39-17-20)32-27(19)35(28(24)37)21-8-10-22(38-3)11-9-21/h4-7,14-15,20-22H,1,8-13,16-17H2,2-3H3,(H,30,31,32). The van der Waals surface area contributed by atoms with Crippen LogP contribution in [-0.4, -0.2) is 66.0 Å². The van der Waals surface area contributed by atoms with Crippen LogP contribution in [0.25, 0.3) is 11.0 Å². The monoisotopic (exact) mass is 530 g/mol. The molecule has 0 atom stereocenters. The average molecular weight is 531 g/mol. The Morgan fingerprint density at radius 1 is 1.18 bits per heavy atom. The molecule has 1 aliphatic carbocycles. The third kappa shape index (κ3) is 4.57. The molecule has 0 bridgehead atoms. The number of methoxy groups -OCH3 is 1. The van der Waals surface area contributed by atoms with E-state index < -0.39 is 0 Å². The van der Waals surface area contributed by atoms with E-state index in [-0.39, 0.29) is 29.7 Å². The zero-order chi connectivity index (χ0) is 27.1. The zero-order valence-electron chi connectivity index (χ0n) is 22.4. The number of hydrogen-bond donors (Lipinski definition) is 1. The first kappa shape index (κ1) is 25.5. The van der Waals surface area contributed by atoms with Gasteiger partial charge in [-0.2, -0.15) is 4.98 Å². The molecule has 204 valence electrons. The fourth-order valence-electron chi connectivity index (χ4n) is 5.97. The summed E-state index contributed by atoms with van der Waals surface area (Å²) < 4.78 is 12.8. The normalized spacial score (nSPS) is 21.4. The summed E-state index contributed by atoms with van der Waals surface area (Å²) in [6, 6.07) is 7.97. The van der Waals surface area contributed by atoms with E-state index in [1.54, 1.807) is 18.2 Å². The molecule has 4 heterocycles. The molecule has 3 aromatic rings. The molecule has 2 aliphatic heterocycles. The lowest BCUT2D eigenvalue weighted by Gasteiger charge is -2.38. The van der Waals surface area contributed by atoms with Gasteiger partial charge in [0.25, 0.3) is 11.5 Å². The fraction of sp³-hybridized carbons (Fsp3) is 0.448. The lowest BCUT2D eigenvalue weighted by atomic mass is 9.92. The van der Waals surface area contributed by atoms with Crippen LogP contribution in [0.1, 0.15) is 37.3 Å². The van der Waals surface area contributed by atoms with Gasteiger partial charge in [-0.1, -0.05) is 18.7 Å². The first-order chi connectivity index (χ1) is 19.0. The Kier molecular flexibility index (Phi) is 6.82. The van der Waals surface area contributed by atoms with Crippen molar-refractivity contribution in [2.75, 3.05) is 48.5 Å². The third-order valence-corrected chi connectivity index (χ3v) is 8.12. The van der Waals surface area contributed by atoms with Crippen LogP contribution in [0.4, 0.5) is 23.0 Å². The summed E-state index contributed by atoms with van der Waals surface area (Å²) in [4.78, 5) is 40.3. The van der Waals surface area contributed by atoms with E-state index in [0.29, 0.717) is 43.6 Å². The van der Waals surface area contributed by atoms with Crippen molar-refractivity contribution in [1.29, 1.82) is 0 Å². The molecule has 39 heavy (non-hydrogen) atoms. The van der Waals surface area contributed by atoms with Crippen LogP contribution in [0.15, 0.2) is 47.9 Å². The minimum Gasteiger partial charge on any atom is -0.381 e. The highest BCUT2D eigenvalue weighted by atomic mass is 16.5. The predicted molar refractivity (Wildman–Crippen MR) is 151 cm³/mol. The molecule has 1 aromatic carbocycles. The van der Waals surface area contributed by atoms with Gasteiger partial charge in [-0.05, 0) is 56.4 Å². The van der Waals surface area contributed by atoms with Crippen molar-refractivity contribution < 1.29 is 14.3 Å². The number of nitrogens with zero attached hydrogens (tertiary/aromatic N) is 5. The molecule has 1 saturated heterocycles. The van der Waals surface area contributed by atoms with Gasteiger partial charge < -0.3 is 24.6 Å². The summed E-state index contributed by atoms with van der Waals surface area (Å²) in [6.07, 6.45) is 6.78. The van der Waals surface area contributed by atoms with Crippen molar-refractivity contribution in [3.63, 3.8) is 0 Å². The number of carbonyl (C=O) groups is 1. The number of hydrogen-bond acceptors (Lipinski definition) is 8. The number of benzene rings is 1. The molecule has 0 unspecified atom stereocenters. The molecule has 2 fully saturated rings. The Labute approximate surface area is 227 Å². The van der Waals surface area contributed by atoms with Crippen LogP contribution < -0.4 is 20.7 Å². The van der Waals surface area contributed by atoms with Crippen LogP contribution in [0.5, 0.6) is 0 Å². The second-order valence-corrected chi connectivity index (χ2v) is 10.5. The number of aryl methyl sites for hydroxylation is 1. The first-order valence-corrected chi connectivity index (χ1v) is 13.6. The van der Waals surface area contributed by atoms with Gasteiger partial charge in [-0.3, -0.25) is 14.2 Å². The fourth-order valence-corrected chi connectivity index (χ4v) is 5.97. The highest BCUT2D eigenvalue weighted by molar-refractivity contribution is 6.05. The van der Waals surface area contributed by atoms with E-state index in [9.17, 15) is 9.59 Å². The molecule has 1 N–H and O–H groups in total. The molecular weight excluding hydrogens is 496 g/mol. The van der Waals surface area contributed by atoms with Gasteiger partial charge in [0.15, 0.2) is 0 Å². The van der Waals surface area contributed by atoms with E-state index >= 15 is 0 Å². The van der Waals surface area contributed by atoms with E-state index in [2.05, 4.69) is 16.9 Å². The smallest absolute Gasteiger partial charge is 0.276 e. The summed E-state index contributed by atoms with van der Waals surface area (Å²) in [5.74, 6) is 0.348. The van der Waals surface area contributed by atoms with Gasteiger partial charge in [0.1, 0.15) is 11.3 Å². The van der Waals surface area contributed by atoms with Crippen LogP contribution in [0, 0.1) is 6.92 Å². The van der Waals surface area contributed by atoms with Crippen LogP contribution in [0.3, 0.4) is 0 Å². The van der Waals surface area contributed by atoms with Crippen LogP contribution in [0.2, 0.25) is 0 Å². The summed E-state index contributed by atoms with van der Waals surface area (Å²) in [5, 5.41) is 4.11. The van der Waals surface area contributed by atoms with Crippen molar-refractivity contribution in [2.45, 2.75) is 50.8 Å². The Bertz CT molecular complexity index is 1470. The number of carbonyl (C=O) groups excluding carboxylic acids is 1. The maximum Gasteiger partial charge on any atom is 0.276 e. The van der Waals surface area contributed by atoms with E-state index in [1.807, 2.05) is 40.7 Å². The number of rotatable bonds is 6. The molecule has 3 aliphatic rings. The Morgan fingerprint density at radius 3 is 2.67 bits per heavy atom. The van der Waals surface area contributed by atoms with Gasteiger partial charge in [0.05, 0.1) is 36.7 Å². The van der Waals surface area contributed by atoms with Crippen LogP contribution >= 0.6 is 0 Å². The highest BCUT2D eigenvalue weighted by Gasteiger charge is 2.32. The molecule has 2 aromatic heterocycles. The minimum absolute atomic E-state index is 0.00162. The SMILES string of the molecule is C=CC(=O)N1CCN(c2cc3cnc(NC4COC4)nc3n(C3CCC(OC)CC3)c2=O)c2cccc(C)c21. The number of amides is 1. The summed E-state index contributed by atoms with van der Waals surface area (Å²) in [5.41, 5.74) is 3.70. The van der Waals surface area contributed by atoms with Crippen molar-refractivity contribution in [3.8, 4) is 0 Å². The number of fused-ring (bicyclic) bond motifs is 2. The van der Waals surface area contributed by atoms with Gasteiger partial charge in [0.2, 0.25) is 5.95 Å². The number of ether oxygens (including phenoxy) is 2. The number of pyridine rings is 1. The number of aromatic nitrogens is 3. The van der Waals surface area contributed by atoms with E-state index in [4.69, 9.17) is 14.5 Å². The quantitative estimate of drug-likeness (QED) is 0.482. The lowest BCUT2D eigenvalue weighted by Crippen LogP contribution is -2.44. The Morgan fingerprint density at radius 2 is 1.97 bits per heavy atom. The molecule has 0 radical (unpaired) electrons. The first-order valence-electron chi connectivity index (χ1n) is 13.6. The Balaban J connectivity index is 1.48. The molecule has 6 rings (SSSR count). The zero-order valence-corrected chi connectivity index (χ0v) is 22.4. The molecule has 0 spiro atoms. The third-order valence-electron chi connectivity index (χ3n) is 8.12. The lowest BCUT2D eigenvalue weighted by molar-refractivity contribution is -0.114. The highest BCUT2D eigenvalue weighted by Crippen LogP contribution is 2.40. The van der Waals surface area contributed by atoms with Gasteiger partial charge in [0, 0.05) is 37.8 Å². The molecule has 10 heteroatoms. The van der Waals surface area contributed by atoms with Crippen molar-refractivity contribution in [1.82, 2.24) is 14.5 Å². The minimum atomic E-state index is -0.152. The summed E-state index contributed by atoms with van der Waals surface area (Å²) >= 11 is 0. The maximum absolute atomic E-state index is 14.4. The van der Waals surface area contributed by atoms with Gasteiger partial charge in [-0.15, -0.1) is 0 Å². The molecular formula is C29H34N6O4. The number of para-hydroxylation sites is 1. The summed E-state index contributed by atoms with van der Waals surface area (Å²) in [6.45, 7) is 7.82. The van der Waals surface area contributed by atoms with E-state index in [1.165, 1.54) is 6.08 Å². The second kappa shape index (κ2) is 10.4. The second-order valence-electron chi connectivity index (χ2n) is 10.5. The van der Waals surface area contributed by atoms with E-state index in [0.717, 1.165) is 48.0 Å². The Hall–Kier alpha value is -3.76. The maximum atomic E-state index is 14.4. The number of anilines is 4.